The van der Waals surface area contributed by atoms with Gasteiger partial charge in [-0.05, 0) is 26.3 Å². The van der Waals surface area contributed by atoms with Crippen LogP contribution in [0.3, 0.4) is 0 Å². The highest BCUT2D eigenvalue weighted by Gasteiger charge is 2.34. The lowest BCUT2D eigenvalue weighted by Crippen LogP contribution is -2.55. The zero-order valence-electron chi connectivity index (χ0n) is 10.8. The molecule has 3 heterocycles. The summed E-state index contributed by atoms with van der Waals surface area (Å²) in [5.74, 6) is 0.936. The fourth-order valence-electron chi connectivity index (χ4n) is 3.08. The van der Waals surface area contributed by atoms with E-state index in [9.17, 15) is 0 Å². The van der Waals surface area contributed by atoms with Gasteiger partial charge in [-0.1, -0.05) is 0 Å². The van der Waals surface area contributed by atoms with Crippen molar-refractivity contribution in [2.75, 3.05) is 24.5 Å². The molecule has 2 atom stereocenters. The van der Waals surface area contributed by atoms with E-state index in [1.807, 2.05) is 0 Å². The van der Waals surface area contributed by atoms with Crippen molar-refractivity contribution in [3.63, 3.8) is 0 Å². The topological polar surface area (TPSA) is 52.5 Å². The summed E-state index contributed by atoms with van der Waals surface area (Å²) in [4.78, 5) is 13.6. The van der Waals surface area contributed by atoms with Gasteiger partial charge in [0.25, 0.3) is 0 Å². The Balaban J connectivity index is 1.77. The lowest BCUT2D eigenvalue weighted by molar-refractivity contribution is 0.202. The molecule has 18 heavy (non-hydrogen) atoms. The van der Waals surface area contributed by atoms with E-state index in [1.165, 1.54) is 19.4 Å². The molecule has 0 aromatic carbocycles. The van der Waals surface area contributed by atoms with Crippen LogP contribution in [0.25, 0.3) is 0 Å². The molecule has 2 aliphatic heterocycles. The SMILES string of the molecule is CC1CN2CCCC2CN1c1cnc(CO)cn1. The molecule has 2 unspecified atom stereocenters. The average molecular weight is 248 g/mol. The zero-order chi connectivity index (χ0) is 12.5. The van der Waals surface area contributed by atoms with Crippen molar-refractivity contribution >= 4 is 5.82 Å². The van der Waals surface area contributed by atoms with Gasteiger partial charge in [0.15, 0.2) is 0 Å². The van der Waals surface area contributed by atoms with E-state index in [-0.39, 0.29) is 6.61 Å². The van der Waals surface area contributed by atoms with Gasteiger partial charge in [-0.2, -0.15) is 0 Å². The monoisotopic (exact) mass is 248 g/mol. The van der Waals surface area contributed by atoms with Gasteiger partial charge in [0.2, 0.25) is 0 Å². The fraction of sp³-hybridized carbons (Fsp3) is 0.692. The minimum absolute atomic E-state index is 0.0424. The highest BCUT2D eigenvalue weighted by Crippen LogP contribution is 2.27. The van der Waals surface area contributed by atoms with Gasteiger partial charge < -0.3 is 10.0 Å². The van der Waals surface area contributed by atoms with E-state index in [2.05, 4.69) is 26.7 Å². The van der Waals surface area contributed by atoms with Crippen molar-refractivity contribution in [1.29, 1.82) is 0 Å². The van der Waals surface area contributed by atoms with E-state index in [4.69, 9.17) is 5.11 Å². The maximum atomic E-state index is 8.99. The highest BCUT2D eigenvalue weighted by molar-refractivity contribution is 5.38. The summed E-state index contributed by atoms with van der Waals surface area (Å²) < 4.78 is 0. The van der Waals surface area contributed by atoms with Crippen LogP contribution in [0, 0.1) is 0 Å². The number of nitrogens with zero attached hydrogens (tertiary/aromatic N) is 4. The minimum Gasteiger partial charge on any atom is -0.390 e. The number of aromatic nitrogens is 2. The number of hydrogen-bond donors (Lipinski definition) is 1. The second-order valence-corrected chi connectivity index (χ2v) is 5.32. The van der Waals surface area contributed by atoms with Crippen molar-refractivity contribution in [3.8, 4) is 0 Å². The molecular formula is C13H20N4O. The van der Waals surface area contributed by atoms with Crippen LogP contribution in [-0.4, -0.2) is 51.7 Å². The van der Waals surface area contributed by atoms with Gasteiger partial charge in [0.05, 0.1) is 24.7 Å². The van der Waals surface area contributed by atoms with Crippen molar-refractivity contribution < 1.29 is 5.11 Å². The third kappa shape index (κ3) is 2.08. The van der Waals surface area contributed by atoms with Gasteiger partial charge in [0.1, 0.15) is 5.82 Å². The number of piperazine rings is 1. The molecule has 5 heteroatoms. The molecule has 0 amide bonds. The first kappa shape index (κ1) is 11.9. The molecular weight excluding hydrogens is 228 g/mol. The second kappa shape index (κ2) is 4.82. The Morgan fingerprint density at radius 3 is 2.94 bits per heavy atom. The van der Waals surface area contributed by atoms with Crippen LogP contribution < -0.4 is 4.90 Å². The summed E-state index contributed by atoms with van der Waals surface area (Å²) in [7, 11) is 0. The predicted molar refractivity (Wildman–Crippen MR) is 69.4 cm³/mol. The first-order valence-corrected chi connectivity index (χ1v) is 6.70. The third-order valence-corrected chi connectivity index (χ3v) is 4.09. The Bertz CT molecular complexity index is 408. The van der Waals surface area contributed by atoms with Gasteiger partial charge in [0, 0.05) is 25.2 Å². The summed E-state index contributed by atoms with van der Waals surface area (Å²) in [6.45, 7) is 5.62. The van der Waals surface area contributed by atoms with Crippen molar-refractivity contribution in [2.45, 2.75) is 38.5 Å². The van der Waals surface area contributed by atoms with Gasteiger partial charge >= 0.3 is 0 Å². The molecule has 5 nitrogen and oxygen atoms in total. The maximum absolute atomic E-state index is 8.99. The molecule has 2 saturated heterocycles. The second-order valence-electron chi connectivity index (χ2n) is 5.32. The van der Waals surface area contributed by atoms with E-state index in [0.717, 1.165) is 18.9 Å². The molecule has 1 aromatic heterocycles. The first-order valence-electron chi connectivity index (χ1n) is 6.70. The molecule has 1 aromatic rings. The lowest BCUT2D eigenvalue weighted by atomic mass is 10.1. The molecule has 2 fully saturated rings. The van der Waals surface area contributed by atoms with Crippen LogP contribution >= 0.6 is 0 Å². The minimum atomic E-state index is -0.0424. The van der Waals surface area contributed by atoms with Crippen LogP contribution in [0.5, 0.6) is 0 Å². The molecule has 1 N–H and O–H groups in total. The van der Waals surface area contributed by atoms with Crippen LogP contribution in [0.1, 0.15) is 25.5 Å². The molecule has 98 valence electrons. The largest absolute Gasteiger partial charge is 0.390 e. The van der Waals surface area contributed by atoms with Crippen molar-refractivity contribution in [3.05, 3.63) is 18.1 Å². The average Bonchev–Trinajstić information content (AvgIpc) is 2.85. The van der Waals surface area contributed by atoms with Gasteiger partial charge in [-0.25, -0.2) is 4.98 Å². The lowest BCUT2D eigenvalue weighted by Gasteiger charge is -2.42. The van der Waals surface area contributed by atoms with E-state index < -0.39 is 0 Å². The predicted octanol–water partition coefficient (Wildman–Crippen LogP) is 0.642. The Morgan fingerprint density at radius 2 is 2.22 bits per heavy atom. The maximum Gasteiger partial charge on any atom is 0.147 e. The smallest absolute Gasteiger partial charge is 0.147 e. The van der Waals surface area contributed by atoms with Crippen molar-refractivity contribution in [2.24, 2.45) is 0 Å². The Hall–Kier alpha value is -1.20. The molecule has 0 spiro atoms. The number of fused-ring (bicyclic) bond motifs is 1. The first-order chi connectivity index (χ1) is 8.78. The van der Waals surface area contributed by atoms with E-state index in [1.54, 1.807) is 12.4 Å². The molecule has 0 saturated carbocycles. The summed E-state index contributed by atoms with van der Waals surface area (Å²) in [5.41, 5.74) is 0.630. The summed E-state index contributed by atoms with van der Waals surface area (Å²) in [6, 6.07) is 1.16. The van der Waals surface area contributed by atoms with Gasteiger partial charge in [-0.3, -0.25) is 9.88 Å². The molecule has 0 bridgehead atoms. The number of aliphatic hydroxyl groups is 1. The number of rotatable bonds is 2. The van der Waals surface area contributed by atoms with E-state index in [0.29, 0.717) is 17.8 Å². The number of aliphatic hydroxyl groups excluding tert-OH is 1. The summed E-state index contributed by atoms with van der Waals surface area (Å²) >= 11 is 0. The normalized spacial score (nSPS) is 28.4. The zero-order valence-corrected chi connectivity index (χ0v) is 10.8. The quantitative estimate of drug-likeness (QED) is 0.832. The standard InChI is InChI=1S/C13H20N4O/c1-10-7-16-4-2-3-12(16)8-17(10)13-6-14-11(9-18)5-15-13/h5-6,10,12,18H,2-4,7-9H2,1H3. The van der Waals surface area contributed by atoms with E-state index >= 15 is 0 Å². The number of anilines is 1. The molecule has 0 radical (unpaired) electrons. The Labute approximate surface area is 107 Å². The summed E-state index contributed by atoms with van der Waals surface area (Å²) in [6.07, 6.45) is 6.07. The van der Waals surface area contributed by atoms with Crippen LogP contribution in [-0.2, 0) is 6.61 Å². The summed E-state index contributed by atoms with van der Waals surface area (Å²) in [5, 5.41) is 8.99. The molecule has 0 aliphatic carbocycles. The molecule has 2 aliphatic rings. The fourth-order valence-corrected chi connectivity index (χ4v) is 3.08. The van der Waals surface area contributed by atoms with Gasteiger partial charge in [-0.15, -0.1) is 0 Å². The Morgan fingerprint density at radius 1 is 1.33 bits per heavy atom. The van der Waals surface area contributed by atoms with Crippen LogP contribution in [0.4, 0.5) is 5.82 Å². The number of hydrogen-bond acceptors (Lipinski definition) is 5. The molecule has 3 rings (SSSR count). The van der Waals surface area contributed by atoms with Crippen molar-refractivity contribution in [1.82, 2.24) is 14.9 Å². The third-order valence-electron chi connectivity index (χ3n) is 4.09. The van der Waals surface area contributed by atoms with Crippen LogP contribution in [0.15, 0.2) is 12.4 Å². The van der Waals surface area contributed by atoms with Crippen LogP contribution in [0.2, 0.25) is 0 Å². The Kier molecular flexibility index (Phi) is 3.18. The highest BCUT2D eigenvalue weighted by atomic mass is 16.3.